The number of methoxy groups -OCH3 is 1. The van der Waals surface area contributed by atoms with Gasteiger partial charge in [0, 0.05) is 30.2 Å². The SMILES string of the molecule is COc1ccc2nccc([C@@H](O)CN3CCC(NCC(=O)Nc4ccccc4[N+](=O)[O-])CC3)c2c1.O=C(O)C(=O)O.O=C(O)C(=O)O. The molecule has 1 fully saturated rings. The average molecular weight is 660 g/mol. The average Bonchev–Trinajstić information content (AvgIpc) is 3.04. The second-order valence-electron chi connectivity index (χ2n) is 9.80. The Morgan fingerprint density at radius 3 is 2.13 bits per heavy atom. The molecule has 1 aliphatic rings. The van der Waals surface area contributed by atoms with Gasteiger partial charge in [-0.05, 0) is 61.8 Å². The number of piperidine rings is 1. The third-order valence-electron chi connectivity index (χ3n) is 6.65. The molecule has 1 saturated heterocycles. The molecule has 18 nitrogen and oxygen atoms in total. The van der Waals surface area contributed by atoms with Crippen LogP contribution in [0.5, 0.6) is 5.75 Å². The maximum absolute atomic E-state index is 12.3. The van der Waals surface area contributed by atoms with Crippen LogP contribution in [0.15, 0.2) is 54.7 Å². The monoisotopic (exact) mass is 659 g/mol. The molecule has 2 aromatic carbocycles. The number of β-amino-alcohol motifs (C(OH)–C–C–N with tert-alkyl or cyclic N) is 1. The van der Waals surface area contributed by atoms with Crippen LogP contribution < -0.4 is 15.4 Å². The first kappa shape index (κ1) is 37.5. The number of para-hydroxylation sites is 2. The zero-order valence-corrected chi connectivity index (χ0v) is 24.9. The lowest BCUT2D eigenvalue weighted by Crippen LogP contribution is -2.45. The van der Waals surface area contributed by atoms with E-state index in [9.17, 15) is 20.0 Å². The highest BCUT2D eigenvalue weighted by Crippen LogP contribution is 2.28. The number of aliphatic carboxylic acids is 4. The summed E-state index contributed by atoms with van der Waals surface area (Å²) in [5.74, 6) is -6.90. The number of amides is 1. The molecule has 1 amide bonds. The van der Waals surface area contributed by atoms with Gasteiger partial charge in [-0.1, -0.05) is 12.1 Å². The lowest BCUT2D eigenvalue weighted by atomic mass is 10.0. The van der Waals surface area contributed by atoms with Gasteiger partial charge in [0.2, 0.25) is 5.91 Å². The van der Waals surface area contributed by atoms with E-state index in [4.69, 9.17) is 44.3 Å². The minimum atomic E-state index is -1.82. The van der Waals surface area contributed by atoms with Crippen molar-refractivity contribution >= 4 is 52.1 Å². The number of hydrogen-bond acceptors (Lipinski definition) is 12. The zero-order valence-electron chi connectivity index (χ0n) is 24.9. The van der Waals surface area contributed by atoms with Crippen molar-refractivity contribution in [1.82, 2.24) is 15.2 Å². The van der Waals surface area contributed by atoms with Crippen molar-refractivity contribution in [1.29, 1.82) is 0 Å². The lowest BCUT2D eigenvalue weighted by Gasteiger charge is -2.33. The molecule has 0 spiro atoms. The molecule has 1 aromatic heterocycles. The summed E-state index contributed by atoms with van der Waals surface area (Å²) in [6.07, 6.45) is 2.70. The van der Waals surface area contributed by atoms with E-state index in [2.05, 4.69) is 20.5 Å². The van der Waals surface area contributed by atoms with Gasteiger partial charge in [0.05, 0.1) is 30.2 Å². The van der Waals surface area contributed by atoms with E-state index in [0.29, 0.717) is 6.54 Å². The number of carboxylic acid groups (broad SMARTS) is 4. The standard InChI is InChI=1S/C25H29N5O5.2C2H2O4/c1-35-18-6-7-21-20(14-18)19(8-11-26-21)24(31)16-29-12-9-17(10-13-29)27-15-25(32)28-22-4-2-3-5-23(22)30(33)34;2*3-1(4)2(5)6/h2-8,11,14,17,24,27,31H,9-10,12-13,15-16H2,1H3,(H,28,32);2*(H,3,4)(H,5,6)/t24-;;/m0../s1. The Labute approximate surface area is 266 Å². The van der Waals surface area contributed by atoms with Gasteiger partial charge in [0.1, 0.15) is 11.4 Å². The smallest absolute Gasteiger partial charge is 0.414 e. The molecule has 252 valence electrons. The number of likely N-dealkylation sites (tertiary alicyclic amines) is 1. The van der Waals surface area contributed by atoms with Crippen LogP contribution in [0.3, 0.4) is 0 Å². The fraction of sp³-hybridized carbons (Fsp3) is 0.310. The van der Waals surface area contributed by atoms with E-state index in [-0.39, 0.29) is 29.9 Å². The largest absolute Gasteiger partial charge is 0.497 e. The summed E-state index contributed by atoms with van der Waals surface area (Å²) in [5, 5.41) is 58.3. The predicted octanol–water partition coefficient (Wildman–Crippen LogP) is 1.19. The molecular formula is C29H33N5O13. The van der Waals surface area contributed by atoms with Crippen LogP contribution in [0.1, 0.15) is 24.5 Å². The number of aliphatic hydroxyl groups excluding tert-OH is 1. The van der Waals surface area contributed by atoms with Crippen molar-refractivity contribution < 1.29 is 59.2 Å². The minimum Gasteiger partial charge on any atom is -0.497 e. The van der Waals surface area contributed by atoms with E-state index in [1.807, 2.05) is 24.3 Å². The van der Waals surface area contributed by atoms with Crippen LogP contribution in [-0.2, 0) is 24.0 Å². The van der Waals surface area contributed by atoms with Crippen molar-refractivity contribution in [3.05, 3.63) is 70.4 Å². The Balaban J connectivity index is 0.000000546. The molecule has 0 bridgehead atoms. The van der Waals surface area contributed by atoms with Gasteiger partial charge in [-0.3, -0.25) is 19.9 Å². The van der Waals surface area contributed by atoms with Crippen LogP contribution in [0, 0.1) is 10.1 Å². The van der Waals surface area contributed by atoms with Gasteiger partial charge < -0.3 is 45.8 Å². The summed E-state index contributed by atoms with van der Waals surface area (Å²) < 4.78 is 5.32. The number of carboxylic acids is 4. The van der Waals surface area contributed by atoms with Gasteiger partial charge in [-0.15, -0.1) is 0 Å². The summed E-state index contributed by atoms with van der Waals surface area (Å²) in [5.41, 5.74) is 1.69. The molecule has 4 rings (SSSR count). The number of carbonyl (C=O) groups excluding carboxylic acids is 1. The van der Waals surface area contributed by atoms with E-state index in [1.165, 1.54) is 12.1 Å². The number of aliphatic hydroxyl groups is 1. The zero-order chi connectivity index (χ0) is 35.1. The predicted molar refractivity (Wildman–Crippen MR) is 163 cm³/mol. The Kier molecular flexibility index (Phi) is 14.6. The number of anilines is 1. The van der Waals surface area contributed by atoms with E-state index >= 15 is 0 Å². The number of pyridine rings is 1. The number of benzene rings is 2. The van der Waals surface area contributed by atoms with Crippen molar-refractivity contribution in [2.45, 2.75) is 25.0 Å². The lowest BCUT2D eigenvalue weighted by molar-refractivity contribution is -0.383. The number of ether oxygens (including phenoxy) is 1. The van der Waals surface area contributed by atoms with Gasteiger partial charge in [-0.2, -0.15) is 0 Å². The van der Waals surface area contributed by atoms with Crippen LogP contribution >= 0.6 is 0 Å². The Hall–Kier alpha value is -5.72. The van der Waals surface area contributed by atoms with E-state index in [1.54, 1.807) is 25.4 Å². The van der Waals surface area contributed by atoms with Crippen LogP contribution in [0.2, 0.25) is 0 Å². The van der Waals surface area contributed by atoms with Crippen molar-refractivity contribution in [3.8, 4) is 5.75 Å². The number of nitro groups is 1. The highest BCUT2D eigenvalue weighted by atomic mass is 16.6. The normalized spacial score (nSPS) is 13.5. The first-order valence-corrected chi connectivity index (χ1v) is 13.8. The second kappa shape index (κ2) is 18.3. The van der Waals surface area contributed by atoms with Gasteiger partial charge in [0.15, 0.2) is 0 Å². The molecule has 1 aliphatic heterocycles. The fourth-order valence-electron chi connectivity index (χ4n) is 4.40. The number of hydrogen-bond donors (Lipinski definition) is 7. The number of nitro benzene ring substituents is 1. The van der Waals surface area contributed by atoms with E-state index in [0.717, 1.165) is 48.1 Å². The number of fused-ring (bicyclic) bond motifs is 1. The molecule has 0 saturated carbocycles. The Morgan fingerprint density at radius 1 is 0.979 bits per heavy atom. The summed E-state index contributed by atoms with van der Waals surface area (Å²) in [6, 6.07) is 13.7. The molecule has 47 heavy (non-hydrogen) atoms. The topological polar surface area (TPSA) is 279 Å². The second-order valence-corrected chi connectivity index (χ2v) is 9.80. The highest BCUT2D eigenvalue weighted by molar-refractivity contribution is 6.27. The fourth-order valence-corrected chi connectivity index (χ4v) is 4.40. The van der Waals surface area contributed by atoms with Gasteiger partial charge in [0.25, 0.3) is 5.69 Å². The third-order valence-corrected chi connectivity index (χ3v) is 6.65. The molecule has 18 heteroatoms. The first-order chi connectivity index (χ1) is 22.2. The van der Waals surface area contributed by atoms with Crippen molar-refractivity contribution in [2.24, 2.45) is 0 Å². The number of rotatable bonds is 9. The molecule has 1 atom stereocenters. The number of nitrogens with one attached hydrogen (secondary N) is 2. The molecule has 2 heterocycles. The molecule has 0 unspecified atom stereocenters. The Morgan fingerprint density at radius 2 is 1.57 bits per heavy atom. The van der Waals surface area contributed by atoms with Crippen LogP contribution in [-0.4, -0.2) is 109 Å². The molecule has 3 aromatic rings. The molecule has 0 radical (unpaired) electrons. The first-order valence-electron chi connectivity index (χ1n) is 13.8. The maximum atomic E-state index is 12.3. The van der Waals surface area contributed by atoms with Crippen LogP contribution in [0.25, 0.3) is 10.9 Å². The quantitative estimate of drug-likeness (QED) is 0.0964. The Bertz CT molecular complexity index is 1540. The molecular weight excluding hydrogens is 626 g/mol. The third kappa shape index (κ3) is 12.3. The number of carbonyl (C=O) groups is 5. The summed E-state index contributed by atoms with van der Waals surface area (Å²) in [7, 11) is 1.61. The number of nitrogens with zero attached hydrogens (tertiary/aromatic N) is 3. The van der Waals surface area contributed by atoms with Gasteiger partial charge >= 0.3 is 23.9 Å². The van der Waals surface area contributed by atoms with Crippen molar-refractivity contribution in [3.63, 3.8) is 0 Å². The minimum absolute atomic E-state index is 0.0736. The summed E-state index contributed by atoms with van der Waals surface area (Å²) >= 11 is 0. The highest BCUT2D eigenvalue weighted by Gasteiger charge is 2.23. The summed E-state index contributed by atoms with van der Waals surface area (Å²) in [4.78, 5) is 65.9. The van der Waals surface area contributed by atoms with Crippen molar-refractivity contribution in [2.75, 3.05) is 38.6 Å². The molecule has 7 N–H and O–H groups in total. The van der Waals surface area contributed by atoms with E-state index < -0.39 is 34.9 Å². The number of aromatic nitrogens is 1. The summed E-state index contributed by atoms with van der Waals surface area (Å²) in [6.45, 7) is 2.14. The van der Waals surface area contributed by atoms with Crippen LogP contribution in [0.4, 0.5) is 11.4 Å². The van der Waals surface area contributed by atoms with Gasteiger partial charge in [-0.25, -0.2) is 19.2 Å². The maximum Gasteiger partial charge on any atom is 0.414 e. The molecule has 0 aliphatic carbocycles.